The van der Waals surface area contributed by atoms with Crippen molar-refractivity contribution in [3.05, 3.63) is 35.4 Å². The standard InChI is InChI=1S/C11H10F3NO3/c1-6-3-2-4-7(5-6)8(9(16)17)15-10(18)11(12,13)14/h2-5,8H,1H3,(H,15,18)(H,16,17). The molecule has 1 rings (SSSR count). The van der Waals surface area contributed by atoms with Gasteiger partial charge in [-0.25, -0.2) is 4.79 Å². The number of carbonyl (C=O) groups is 2. The Morgan fingerprint density at radius 3 is 2.39 bits per heavy atom. The quantitative estimate of drug-likeness (QED) is 0.871. The molecule has 0 bridgehead atoms. The molecule has 0 spiro atoms. The number of amides is 1. The number of rotatable bonds is 3. The molecule has 0 saturated heterocycles. The van der Waals surface area contributed by atoms with Crippen LogP contribution >= 0.6 is 0 Å². The number of aryl methyl sites for hydroxylation is 1. The number of carbonyl (C=O) groups excluding carboxylic acids is 1. The van der Waals surface area contributed by atoms with Crippen molar-refractivity contribution in [3.8, 4) is 0 Å². The predicted molar refractivity (Wildman–Crippen MR) is 55.8 cm³/mol. The summed E-state index contributed by atoms with van der Waals surface area (Å²) in [6.07, 6.45) is -5.11. The van der Waals surface area contributed by atoms with Crippen LogP contribution < -0.4 is 5.32 Å². The second-order valence-electron chi connectivity index (χ2n) is 3.66. The van der Waals surface area contributed by atoms with Crippen LogP contribution in [0.1, 0.15) is 17.2 Å². The molecule has 2 N–H and O–H groups in total. The molecule has 1 amide bonds. The van der Waals surface area contributed by atoms with Crippen LogP contribution in [-0.4, -0.2) is 23.2 Å². The van der Waals surface area contributed by atoms with Crippen LogP contribution in [-0.2, 0) is 9.59 Å². The molecular formula is C11H10F3NO3. The smallest absolute Gasteiger partial charge is 0.471 e. The van der Waals surface area contributed by atoms with Gasteiger partial charge in [0.2, 0.25) is 0 Å². The van der Waals surface area contributed by atoms with Gasteiger partial charge in [0, 0.05) is 0 Å². The topological polar surface area (TPSA) is 66.4 Å². The summed E-state index contributed by atoms with van der Waals surface area (Å²) in [5.41, 5.74) is 0.764. The molecule has 0 aliphatic rings. The van der Waals surface area contributed by atoms with E-state index in [9.17, 15) is 22.8 Å². The van der Waals surface area contributed by atoms with Crippen LogP contribution in [0.4, 0.5) is 13.2 Å². The van der Waals surface area contributed by atoms with Gasteiger partial charge in [0.15, 0.2) is 6.04 Å². The van der Waals surface area contributed by atoms with E-state index < -0.39 is 24.1 Å². The third kappa shape index (κ3) is 3.47. The number of hydrogen-bond acceptors (Lipinski definition) is 2. The van der Waals surface area contributed by atoms with Gasteiger partial charge in [-0.3, -0.25) is 4.79 Å². The fourth-order valence-electron chi connectivity index (χ4n) is 1.35. The van der Waals surface area contributed by atoms with Crippen molar-refractivity contribution in [1.29, 1.82) is 0 Å². The molecule has 1 aromatic carbocycles. The summed E-state index contributed by atoms with van der Waals surface area (Å²) in [4.78, 5) is 21.6. The van der Waals surface area contributed by atoms with Crippen molar-refractivity contribution in [2.45, 2.75) is 19.1 Å². The number of hydrogen-bond donors (Lipinski definition) is 2. The van der Waals surface area contributed by atoms with Crippen molar-refractivity contribution in [2.24, 2.45) is 0 Å². The Kier molecular flexibility index (Phi) is 3.95. The van der Waals surface area contributed by atoms with E-state index in [1.165, 1.54) is 23.5 Å². The lowest BCUT2D eigenvalue weighted by molar-refractivity contribution is -0.175. The van der Waals surface area contributed by atoms with Gasteiger partial charge in [-0.05, 0) is 12.5 Å². The third-order valence-corrected chi connectivity index (χ3v) is 2.16. The number of alkyl halides is 3. The largest absolute Gasteiger partial charge is 0.479 e. The molecular weight excluding hydrogens is 251 g/mol. The van der Waals surface area contributed by atoms with Gasteiger partial charge >= 0.3 is 18.1 Å². The predicted octanol–water partition coefficient (Wildman–Crippen LogP) is 1.80. The Bertz CT molecular complexity index is 471. The first-order chi connectivity index (χ1) is 8.21. The molecule has 1 atom stereocenters. The lowest BCUT2D eigenvalue weighted by Gasteiger charge is -2.16. The van der Waals surface area contributed by atoms with E-state index >= 15 is 0 Å². The number of aliphatic carboxylic acids is 1. The van der Waals surface area contributed by atoms with Gasteiger partial charge in [0.25, 0.3) is 0 Å². The Hall–Kier alpha value is -2.05. The summed E-state index contributed by atoms with van der Waals surface area (Å²) in [5, 5.41) is 10.3. The molecule has 0 heterocycles. The Balaban J connectivity index is 2.98. The van der Waals surface area contributed by atoms with Gasteiger partial charge in [-0.2, -0.15) is 13.2 Å². The minimum Gasteiger partial charge on any atom is -0.479 e. The summed E-state index contributed by atoms with van der Waals surface area (Å²) in [6, 6.07) is 4.17. The van der Waals surface area contributed by atoms with Crippen molar-refractivity contribution >= 4 is 11.9 Å². The molecule has 18 heavy (non-hydrogen) atoms. The molecule has 0 radical (unpaired) electrons. The lowest BCUT2D eigenvalue weighted by atomic mass is 10.0. The normalized spacial score (nSPS) is 12.9. The molecule has 0 aliphatic carbocycles. The average Bonchev–Trinajstić information content (AvgIpc) is 2.23. The molecule has 1 aromatic rings. The van der Waals surface area contributed by atoms with Crippen LogP contribution in [0.3, 0.4) is 0 Å². The number of carboxylic acid groups (broad SMARTS) is 1. The molecule has 1 unspecified atom stereocenters. The minimum atomic E-state index is -5.11. The number of carboxylic acids is 1. The van der Waals surface area contributed by atoms with Crippen molar-refractivity contribution in [2.75, 3.05) is 0 Å². The number of benzene rings is 1. The zero-order valence-corrected chi connectivity index (χ0v) is 9.28. The minimum absolute atomic E-state index is 0.0834. The van der Waals surface area contributed by atoms with E-state index in [2.05, 4.69) is 0 Å². The lowest BCUT2D eigenvalue weighted by Crippen LogP contribution is -2.41. The SMILES string of the molecule is Cc1cccc(C(NC(=O)C(F)(F)F)C(=O)O)c1. The van der Waals surface area contributed by atoms with Gasteiger partial charge in [-0.15, -0.1) is 0 Å². The molecule has 0 aliphatic heterocycles. The average molecular weight is 261 g/mol. The maximum absolute atomic E-state index is 12.1. The maximum Gasteiger partial charge on any atom is 0.471 e. The highest BCUT2D eigenvalue weighted by molar-refractivity contribution is 5.87. The highest BCUT2D eigenvalue weighted by Crippen LogP contribution is 2.19. The van der Waals surface area contributed by atoms with Crippen LogP contribution in [0.25, 0.3) is 0 Å². The van der Waals surface area contributed by atoms with E-state index in [1.807, 2.05) is 0 Å². The zero-order valence-electron chi connectivity index (χ0n) is 9.28. The van der Waals surface area contributed by atoms with Gasteiger partial charge < -0.3 is 10.4 Å². The summed E-state index contributed by atoms with van der Waals surface area (Å²) in [7, 11) is 0. The first-order valence-corrected chi connectivity index (χ1v) is 4.89. The fraction of sp³-hybridized carbons (Fsp3) is 0.273. The summed E-state index contributed by atoms with van der Waals surface area (Å²) >= 11 is 0. The van der Waals surface area contributed by atoms with E-state index in [4.69, 9.17) is 5.11 Å². The third-order valence-electron chi connectivity index (χ3n) is 2.16. The maximum atomic E-state index is 12.1. The second kappa shape index (κ2) is 5.07. The fourth-order valence-corrected chi connectivity index (χ4v) is 1.35. The van der Waals surface area contributed by atoms with Gasteiger partial charge in [0.05, 0.1) is 0 Å². The van der Waals surface area contributed by atoms with E-state index in [0.717, 1.165) is 0 Å². The highest BCUT2D eigenvalue weighted by atomic mass is 19.4. The zero-order chi connectivity index (χ0) is 13.9. The van der Waals surface area contributed by atoms with Crippen LogP contribution in [0, 0.1) is 6.92 Å². The van der Waals surface area contributed by atoms with Gasteiger partial charge in [-0.1, -0.05) is 29.8 Å². The molecule has 0 fully saturated rings. The van der Waals surface area contributed by atoms with Crippen LogP contribution in [0.5, 0.6) is 0 Å². The van der Waals surface area contributed by atoms with Crippen molar-refractivity contribution < 1.29 is 27.9 Å². The summed E-state index contributed by atoms with van der Waals surface area (Å²) in [6.45, 7) is 1.66. The summed E-state index contributed by atoms with van der Waals surface area (Å²) < 4.78 is 36.2. The number of halogens is 3. The Morgan fingerprint density at radius 2 is 1.94 bits per heavy atom. The first-order valence-electron chi connectivity index (χ1n) is 4.89. The molecule has 7 heteroatoms. The van der Waals surface area contributed by atoms with E-state index in [1.54, 1.807) is 13.0 Å². The monoisotopic (exact) mass is 261 g/mol. The number of nitrogens with one attached hydrogen (secondary N) is 1. The van der Waals surface area contributed by atoms with E-state index in [0.29, 0.717) is 5.56 Å². The molecule has 0 aromatic heterocycles. The van der Waals surface area contributed by atoms with Crippen molar-refractivity contribution in [3.63, 3.8) is 0 Å². The highest BCUT2D eigenvalue weighted by Gasteiger charge is 2.41. The van der Waals surface area contributed by atoms with Crippen LogP contribution in [0.2, 0.25) is 0 Å². The van der Waals surface area contributed by atoms with E-state index in [-0.39, 0.29) is 5.56 Å². The Labute approximate surface area is 100 Å². The van der Waals surface area contributed by atoms with Gasteiger partial charge in [0.1, 0.15) is 0 Å². The molecule has 4 nitrogen and oxygen atoms in total. The molecule has 98 valence electrons. The summed E-state index contributed by atoms with van der Waals surface area (Å²) in [5.74, 6) is -3.84. The first kappa shape index (κ1) is 14.0. The Morgan fingerprint density at radius 1 is 1.33 bits per heavy atom. The van der Waals surface area contributed by atoms with Crippen LogP contribution in [0.15, 0.2) is 24.3 Å². The second-order valence-corrected chi connectivity index (χ2v) is 3.66. The molecule has 0 saturated carbocycles. The van der Waals surface area contributed by atoms with Crippen molar-refractivity contribution in [1.82, 2.24) is 5.32 Å².